The summed E-state index contributed by atoms with van der Waals surface area (Å²) >= 11 is 9.42. The fraction of sp³-hybridized carbons (Fsp3) is 0.400. The first-order valence-corrected chi connectivity index (χ1v) is 5.59. The van der Waals surface area contributed by atoms with Crippen LogP contribution in [0.5, 0.6) is 0 Å². The highest BCUT2D eigenvalue weighted by Crippen LogP contribution is 2.34. The number of rotatable bonds is 0. The van der Waals surface area contributed by atoms with E-state index in [1.807, 2.05) is 6.07 Å². The molecule has 0 bridgehead atoms. The summed E-state index contributed by atoms with van der Waals surface area (Å²) in [5.74, 6) is 0. The van der Waals surface area contributed by atoms with E-state index in [1.165, 1.54) is 17.5 Å². The van der Waals surface area contributed by atoms with E-state index >= 15 is 0 Å². The molecular formula is C10H11BrClN. The first kappa shape index (κ1) is 9.50. The van der Waals surface area contributed by atoms with Gasteiger partial charge in [0.05, 0.1) is 5.02 Å². The Balaban J connectivity index is 2.52. The largest absolute Gasteiger partial charge is 0.324 e. The second-order valence-electron chi connectivity index (χ2n) is 3.46. The van der Waals surface area contributed by atoms with Crippen molar-refractivity contribution in [3.8, 4) is 0 Å². The molecule has 1 aliphatic carbocycles. The van der Waals surface area contributed by atoms with Crippen LogP contribution in [0.4, 0.5) is 0 Å². The Morgan fingerprint density at radius 1 is 1.46 bits per heavy atom. The summed E-state index contributed by atoms with van der Waals surface area (Å²) in [5, 5.41) is 0.785. The zero-order chi connectivity index (χ0) is 9.42. The Morgan fingerprint density at radius 3 is 3.00 bits per heavy atom. The van der Waals surface area contributed by atoms with Gasteiger partial charge < -0.3 is 5.73 Å². The Labute approximate surface area is 91.4 Å². The molecule has 1 atom stereocenters. The zero-order valence-electron chi connectivity index (χ0n) is 7.19. The second-order valence-corrected chi connectivity index (χ2v) is 4.73. The van der Waals surface area contributed by atoms with Crippen molar-refractivity contribution in [2.45, 2.75) is 25.3 Å². The lowest BCUT2D eigenvalue weighted by atomic mass is 9.88. The standard InChI is InChI=1S/C10H11BrClN/c11-8-5-7-6(4-9(8)12)2-1-3-10(7)13/h4-5,10H,1-3,13H2/t10-/m0/s1. The molecule has 2 rings (SSSR count). The van der Waals surface area contributed by atoms with Crippen molar-refractivity contribution >= 4 is 27.5 Å². The molecule has 1 aliphatic rings. The van der Waals surface area contributed by atoms with Crippen LogP contribution in [0, 0.1) is 0 Å². The highest BCUT2D eigenvalue weighted by molar-refractivity contribution is 9.10. The zero-order valence-corrected chi connectivity index (χ0v) is 9.53. The number of hydrogen-bond acceptors (Lipinski definition) is 1. The van der Waals surface area contributed by atoms with E-state index < -0.39 is 0 Å². The summed E-state index contributed by atoms with van der Waals surface area (Å²) in [4.78, 5) is 0. The number of nitrogens with two attached hydrogens (primary N) is 1. The van der Waals surface area contributed by atoms with Gasteiger partial charge in [0.2, 0.25) is 0 Å². The van der Waals surface area contributed by atoms with Crippen LogP contribution in [0.3, 0.4) is 0 Å². The third-order valence-electron chi connectivity index (χ3n) is 2.54. The van der Waals surface area contributed by atoms with Gasteiger partial charge in [-0.15, -0.1) is 0 Å². The normalized spacial score (nSPS) is 21.3. The minimum Gasteiger partial charge on any atom is -0.324 e. The van der Waals surface area contributed by atoms with Gasteiger partial charge in [-0.3, -0.25) is 0 Å². The molecule has 1 nitrogen and oxygen atoms in total. The topological polar surface area (TPSA) is 26.0 Å². The second kappa shape index (κ2) is 3.60. The molecule has 0 amide bonds. The van der Waals surface area contributed by atoms with Gasteiger partial charge in [0.15, 0.2) is 0 Å². The number of fused-ring (bicyclic) bond motifs is 1. The van der Waals surface area contributed by atoms with Crippen LogP contribution in [-0.2, 0) is 6.42 Å². The Bertz CT molecular complexity index is 338. The van der Waals surface area contributed by atoms with Crippen molar-refractivity contribution in [3.05, 3.63) is 32.8 Å². The summed E-state index contributed by atoms with van der Waals surface area (Å²) in [5.41, 5.74) is 8.57. The van der Waals surface area contributed by atoms with E-state index in [1.54, 1.807) is 0 Å². The van der Waals surface area contributed by atoms with Crippen molar-refractivity contribution in [1.82, 2.24) is 0 Å². The van der Waals surface area contributed by atoms with E-state index in [4.69, 9.17) is 17.3 Å². The molecule has 0 spiro atoms. The SMILES string of the molecule is N[C@H]1CCCc2cc(Cl)c(Br)cc21. The number of aryl methyl sites for hydroxylation is 1. The fourth-order valence-corrected chi connectivity index (χ4v) is 2.38. The van der Waals surface area contributed by atoms with Crippen molar-refractivity contribution in [1.29, 1.82) is 0 Å². The predicted octanol–water partition coefficient (Wildman–Crippen LogP) is 3.44. The molecule has 2 N–H and O–H groups in total. The minimum absolute atomic E-state index is 0.192. The Kier molecular flexibility index (Phi) is 2.63. The van der Waals surface area contributed by atoms with Gasteiger partial charge in [0, 0.05) is 10.5 Å². The molecule has 0 aliphatic heterocycles. The molecule has 3 heteroatoms. The summed E-state index contributed by atoms with van der Waals surface area (Å²) in [6.07, 6.45) is 3.36. The molecule has 13 heavy (non-hydrogen) atoms. The highest BCUT2D eigenvalue weighted by atomic mass is 79.9. The average Bonchev–Trinajstić information content (AvgIpc) is 2.09. The first-order valence-electron chi connectivity index (χ1n) is 4.42. The molecule has 1 aromatic rings. The number of halogens is 2. The molecule has 0 unspecified atom stereocenters. The van der Waals surface area contributed by atoms with E-state index in [2.05, 4.69) is 22.0 Å². The minimum atomic E-state index is 0.192. The molecule has 1 aromatic carbocycles. The molecule has 0 saturated carbocycles. The van der Waals surface area contributed by atoms with Crippen LogP contribution in [0.25, 0.3) is 0 Å². The van der Waals surface area contributed by atoms with Gasteiger partial charge in [-0.25, -0.2) is 0 Å². The smallest absolute Gasteiger partial charge is 0.0551 e. The van der Waals surface area contributed by atoms with Crippen LogP contribution < -0.4 is 5.73 Å². The van der Waals surface area contributed by atoms with Gasteiger partial charge in [-0.05, 0) is 58.5 Å². The van der Waals surface area contributed by atoms with E-state index in [0.717, 1.165) is 22.3 Å². The van der Waals surface area contributed by atoms with Crippen LogP contribution in [0.1, 0.15) is 30.0 Å². The number of hydrogen-bond donors (Lipinski definition) is 1. The van der Waals surface area contributed by atoms with Crippen molar-refractivity contribution in [3.63, 3.8) is 0 Å². The molecular weight excluding hydrogens is 249 g/mol. The van der Waals surface area contributed by atoms with Gasteiger partial charge in [-0.1, -0.05) is 11.6 Å². The lowest BCUT2D eigenvalue weighted by Crippen LogP contribution is -2.17. The lowest BCUT2D eigenvalue weighted by molar-refractivity contribution is 0.570. The summed E-state index contributed by atoms with van der Waals surface area (Å²) < 4.78 is 0.949. The fourth-order valence-electron chi connectivity index (χ4n) is 1.83. The predicted molar refractivity (Wildman–Crippen MR) is 59.0 cm³/mol. The van der Waals surface area contributed by atoms with Crippen LogP contribution in [-0.4, -0.2) is 0 Å². The number of benzene rings is 1. The first-order chi connectivity index (χ1) is 6.18. The van der Waals surface area contributed by atoms with Gasteiger partial charge >= 0.3 is 0 Å². The van der Waals surface area contributed by atoms with Crippen molar-refractivity contribution in [2.24, 2.45) is 5.73 Å². The maximum absolute atomic E-state index is 6.01. The van der Waals surface area contributed by atoms with E-state index in [0.29, 0.717) is 0 Å². The van der Waals surface area contributed by atoms with E-state index in [9.17, 15) is 0 Å². The summed E-state index contributed by atoms with van der Waals surface area (Å²) in [7, 11) is 0. The molecule has 0 fully saturated rings. The highest BCUT2D eigenvalue weighted by Gasteiger charge is 2.17. The van der Waals surface area contributed by atoms with E-state index in [-0.39, 0.29) is 6.04 Å². The van der Waals surface area contributed by atoms with Gasteiger partial charge in [-0.2, -0.15) is 0 Å². The lowest BCUT2D eigenvalue weighted by Gasteiger charge is -2.22. The molecule has 0 aromatic heterocycles. The van der Waals surface area contributed by atoms with Gasteiger partial charge in [0.25, 0.3) is 0 Å². The summed E-state index contributed by atoms with van der Waals surface area (Å²) in [6.45, 7) is 0. The molecule has 0 saturated heterocycles. The van der Waals surface area contributed by atoms with Crippen molar-refractivity contribution in [2.75, 3.05) is 0 Å². The van der Waals surface area contributed by atoms with Crippen LogP contribution in [0.15, 0.2) is 16.6 Å². The Morgan fingerprint density at radius 2 is 2.23 bits per heavy atom. The monoisotopic (exact) mass is 259 g/mol. The molecule has 0 heterocycles. The van der Waals surface area contributed by atoms with Crippen LogP contribution in [0.2, 0.25) is 5.02 Å². The third kappa shape index (κ3) is 1.76. The maximum atomic E-state index is 6.01. The summed E-state index contributed by atoms with van der Waals surface area (Å²) in [6, 6.07) is 4.28. The van der Waals surface area contributed by atoms with Crippen LogP contribution >= 0.6 is 27.5 Å². The average molecular weight is 261 g/mol. The third-order valence-corrected chi connectivity index (χ3v) is 3.74. The molecule has 0 radical (unpaired) electrons. The van der Waals surface area contributed by atoms with Gasteiger partial charge in [0.1, 0.15) is 0 Å². The maximum Gasteiger partial charge on any atom is 0.0551 e. The van der Waals surface area contributed by atoms with Crippen molar-refractivity contribution < 1.29 is 0 Å². The molecule has 70 valence electrons. The quantitative estimate of drug-likeness (QED) is 0.760. The Hall–Kier alpha value is -0.0500.